The Labute approximate surface area is 87.5 Å². The number of hydrogen-bond acceptors (Lipinski definition) is 5. The number of nitrogens with zero attached hydrogens (tertiary/aromatic N) is 1. The van der Waals surface area contributed by atoms with Crippen molar-refractivity contribution in [3.05, 3.63) is 23.7 Å². The van der Waals surface area contributed by atoms with Crippen LogP contribution in [0.2, 0.25) is 0 Å². The minimum absolute atomic E-state index is 0.350. The first-order valence-corrected chi connectivity index (χ1v) is 4.26. The number of methoxy groups -OCH3 is 1. The maximum Gasteiger partial charge on any atom is 0.170 e. The molecule has 0 aromatic carbocycles. The van der Waals surface area contributed by atoms with Gasteiger partial charge in [-0.15, -0.1) is 0 Å². The summed E-state index contributed by atoms with van der Waals surface area (Å²) < 4.78 is 4.98. The minimum Gasteiger partial charge on any atom is -0.494 e. The first-order valence-electron chi connectivity index (χ1n) is 4.26. The van der Waals surface area contributed by atoms with Crippen LogP contribution in [-0.2, 0) is 0 Å². The molecule has 1 aromatic heterocycles. The molecule has 1 aromatic rings. The first-order chi connectivity index (χ1) is 7.08. The summed E-state index contributed by atoms with van der Waals surface area (Å²) in [5.41, 5.74) is 7.09. The molecule has 0 radical (unpaired) electrons. The van der Waals surface area contributed by atoms with Crippen LogP contribution in [0.3, 0.4) is 0 Å². The Bertz CT molecular complexity index is 381. The molecule has 0 aliphatic heterocycles. The van der Waals surface area contributed by atoms with Gasteiger partial charge >= 0.3 is 0 Å². The number of carbonyl (C=O) groups is 1. The first kappa shape index (κ1) is 11.1. The van der Waals surface area contributed by atoms with Crippen molar-refractivity contribution >= 4 is 12.0 Å². The van der Waals surface area contributed by atoms with Gasteiger partial charge in [-0.2, -0.15) is 0 Å². The van der Waals surface area contributed by atoms with E-state index in [2.05, 4.69) is 4.98 Å². The highest BCUT2D eigenvalue weighted by molar-refractivity contribution is 5.79. The SMILES string of the molecule is COc1cc(/C(N)=C/N(C)N)[nH]c1C=O. The number of aromatic amines is 1. The van der Waals surface area contributed by atoms with Gasteiger partial charge in [-0.3, -0.25) is 4.79 Å². The van der Waals surface area contributed by atoms with Crippen molar-refractivity contribution in [1.82, 2.24) is 9.99 Å². The maximum atomic E-state index is 10.6. The molecule has 1 heterocycles. The van der Waals surface area contributed by atoms with Crippen LogP contribution < -0.4 is 16.3 Å². The van der Waals surface area contributed by atoms with Crippen molar-refractivity contribution in [2.24, 2.45) is 11.6 Å². The minimum atomic E-state index is 0.350. The predicted molar refractivity (Wildman–Crippen MR) is 56.8 cm³/mol. The molecular weight excluding hydrogens is 196 g/mol. The monoisotopic (exact) mass is 210 g/mol. The molecule has 1 rings (SSSR count). The Hall–Kier alpha value is -1.95. The van der Waals surface area contributed by atoms with E-state index in [0.29, 0.717) is 29.1 Å². The predicted octanol–water partition coefficient (Wildman–Crippen LogP) is -0.102. The number of rotatable bonds is 4. The highest BCUT2D eigenvalue weighted by Gasteiger charge is 2.09. The number of hydrazine groups is 1. The molecule has 5 N–H and O–H groups in total. The van der Waals surface area contributed by atoms with E-state index in [-0.39, 0.29) is 0 Å². The Morgan fingerprint density at radius 1 is 1.67 bits per heavy atom. The fourth-order valence-electron chi connectivity index (χ4n) is 1.15. The van der Waals surface area contributed by atoms with Crippen LogP contribution in [0.4, 0.5) is 0 Å². The molecule has 0 aliphatic carbocycles. The van der Waals surface area contributed by atoms with Gasteiger partial charge in [-0.05, 0) is 0 Å². The van der Waals surface area contributed by atoms with Gasteiger partial charge < -0.3 is 20.5 Å². The second kappa shape index (κ2) is 4.52. The van der Waals surface area contributed by atoms with Gasteiger partial charge in [0.05, 0.1) is 18.5 Å². The topological polar surface area (TPSA) is 97.4 Å². The number of carbonyl (C=O) groups excluding carboxylic acids is 1. The van der Waals surface area contributed by atoms with Crippen LogP contribution in [0, 0.1) is 0 Å². The molecule has 6 nitrogen and oxygen atoms in total. The van der Waals surface area contributed by atoms with Gasteiger partial charge in [-0.1, -0.05) is 0 Å². The zero-order valence-corrected chi connectivity index (χ0v) is 8.65. The lowest BCUT2D eigenvalue weighted by atomic mass is 10.3. The number of ether oxygens (including phenoxy) is 1. The van der Waals surface area contributed by atoms with Crippen LogP contribution in [0.5, 0.6) is 5.75 Å². The number of nitrogens with one attached hydrogen (secondary N) is 1. The van der Waals surface area contributed by atoms with Crippen molar-refractivity contribution in [3.8, 4) is 5.75 Å². The van der Waals surface area contributed by atoms with Crippen LogP contribution in [0.15, 0.2) is 12.3 Å². The van der Waals surface area contributed by atoms with Gasteiger partial charge in [-0.25, -0.2) is 5.84 Å². The lowest BCUT2D eigenvalue weighted by Gasteiger charge is -2.05. The third-order valence-electron chi connectivity index (χ3n) is 1.80. The van der Waals surface area contributed by atoms with E-state index in [4.69, 9.17) is 16.3 Å². The zero-order valence-electron chi connectivity index (χ0n) is 8.65. The zero-order chi connectivity index (χ0) is 11.4. The van der Waals surface area contributed by atoms with E-state index < -0.39 is 0 Å². The molecule has 15 heavy (non-hydrogen) atoms. The van der Waals surface area contributed by atoms with Gasteiger partial charge in [0.15, 0.2) is 6.29 Å². The Morgan fingerprint density at radius 3 is 2.73 bits per heavy atom. The van der Waals surface area contributed by atoms with Crippen molar-refractivity contribution < 1.29 is 9.53 Å². The summed E-state index contributed by atoms with van der Waals surface area (Å²) in [5, 5.41) is 1.32. The lowest BCUT2D eigenvalue weighted by molar-refractivity contribution is 0.111. The average molecular weight is 210 g/mol. The van der Waals surface area contributed by atoms with E-state index in [0.717, 1.165) is 0 Å². The summed E-state index contributed by atoms with van der Waals surface area (Å²) in [4.78, 5) is 13.5. The highest BCUT2D eigenvalue weighted by atomic mass is 16.5. The quantitative estimate of drug-likeness (QED) is 0.366. The third kappa shape index (κ3) is 2.50. The number of nitrogens with two attached hydrogens (primary N) is 2. The normalized spacial score (nSPS) is 11.3. The van der Waals surface area contributed by atoms with Crippen molar-refractivity contribution in [1.29, 1.82) is 0 Å². The fraction of sp³-hybridized carbons (Fsp3) is 0.222. The highest BCUT2D eigenvalue weighted by Crippen LogP contribution is 2.20. The Balaban J connectivity index is 3.05. The largest absolute Gasteiger partial charge is 0.494 e. The smallest absolute Gasteiger partial charge is 0.170 e. The number of hydrogen-bond donors (Lipinski definition) is 3. The summed E-state index contributed by atoms with van der Waals surface area (Å²) in [5.74, 6) is 5.86. The van der Waals surface area contributed by atoms with E-state index in [9.17, 15) is 4.79 Å². The van der Waals surface area contributed by atoms with Crippen LogP contribution in [0.25, 0.3) is 5.70 Å². The second-order valence-electron chi connectivity index (χ2n) is 3.03. The molecule has 0 saturated carbocycles. The summed E-state index contributed by atoms with van der Waals surface area (Å²) in [7, 11) is 3.13. The van der Waals surface area contributed by atoms with E-state index in [1.54, 1.807) is 13.1 Å². The standard InChI is InChI=1S/C9H14N4O2/c1-13(11)4-6(10)7-3-9(15-2)8(5-14)12-7/h3-5,12H,10-11H2,1-2H3/b6-4-. The number of aromatic nitrogens is 1. The molecule has 0 aliphatic rings. The molecule has 0 spiro atoms. The molecule has 6 heteroatoms. The molecule has 0 unspecified atom stereocenters. The Kier molecular flexibility index (Phi) is 3.35. The van der Waals surface area contributed by atoms with Crippen LogP contribution in [-0.4, -0.2) is 30.4 Å². The summed E-state index contributed by atoms with van der Waals surface area (Å²) in [6.45, 7) is 0. The van der Waals surface area contributed by atoms with Crippen molar-refractivity contribution in [3.63, 3.8) is 0 Å². The molecule has 0 amide bonds. The van der Waals surface area contributed by atoms with Gasteiger partial charge in [0, 0.05) is 19.3 Å². The number of aldehydes is 1. The van der Waals surface area contributed by atoms with Gasteiger partial charge in [0.1, 0.15) is 11.4 Å². The number of H-pyrrole nitrogens is 1. The summed E-state index contributed by atoms with van der Waals surface area (Å²) in [6.07, 6.45) is 2.20. The Morgan fingerprint density at radius 2 is 2.33 bits per heavy atom. The molecule has 0 saturated heterocycles. The lowest BCUT2D eigenvalue weighted by Crippen LogP contribution is -2.20. The fourth-order valence-corrected chi connectivity index (χ4v) is 1.15. The van der Waals surface area contributed by atoms with Crippen molar-refractivity contribution in [2.45, 2.75) is 0 Å². The maximum absolute atomic E-state index is 10.6. The van der Waals surface area contributed by atoms with Crippen LogP contribution in [0.1, 0.15) is 16.2 Å². The third-order valence-corrected chi connectivity index (χ3v) is 1.80. The van der Waals surface area contributed by atoms with E-state index >= 15 is 0 Å². The molecule has 0 bridgehead atoms. The average Bonchev–Trinajstić information content (AvgIpc) is 2.59. The van der Waals surface area contributed by atoms with Gasteiger partial charge in [0.2, 0.25) is 0 Å². The molecule has 82 valence electrons. The second-order valence-corrected chi connectivity index (χ2v) is 3.03. The van der Waals surface area contributed by atoms with Crippen molar-refractivity contribution in [2.75, 3.05) is 14.2 Å². The van der Waals surface area contributed by atoms with E-state index in [1.165, 1.54) is 18.3 Å². The molecular formula is C9H14N4O2. The van der Waals surface area contributed by atoms with E-state index in [1.807, 2.05) is 0 Å². The molecule has 0 atom stereocenters. The van der Waals surface area contributed by atoms with Crippen LogP contribution >= 0.6 is 0 Å². The summed E-state index contributed by atoms with van der Waals surface area (Å²) >= 11 is 0. The molecule has 0 fully saturated rings. The van der Waals surface area contributed by atoms with Gasteiger partial charge in [0.25, 0.3) is 0 Å². The summed E-state index contributed by atoms with van der Waals surface area (Å²) in [6, 6.07) is 1.64.